The number of rotatable bonds is 7. The molecule has 0 aliphatic heterocycles. The van der Waals surface area contributed by atoms with E-state index in [-0.39, 0.29) is 10.7 Å². The van der Waals surface area contributed by atoms with Crippen LogP contribution in [0.5, 0.6) is 0 Å². The highest BCUT2D eigenvalue weighted by molar-refractivity contribution is 7.93. The Hall–Kier alpha value is -2.45. The number of halogens is 1. The van der Waals surface area contributed by atoms with E-state index in [1.54, 1.807) is 30.3 Å². The summed E-state index contributed by atoms with van der Waals surface area (Å²) < 4.78 is 41.1. The molecule has 0 saturated carbocycles. The van der Waals surface area contributed by atoms with Gasteiger partial charge in [-0.2, -0.15) is 0 Å². The van der Waals surface area contributed by atoms with Crippen LogP contribution in [0.4, 0.5) is 14.5 Å². The van der Waals surface area contributed by atoms with Crippen molar-refractivity contribution in [2.45, 2.75) is 18.2 Å². The summed E-state index contributed by atoms with van der Waals surface area (Å²) in [5.74, 6) is -0.361. The standard InChI is InChI=1S/C18H18FN3O2S2/c1-2-12-20-18-21-16(13-8-10-14(19)11-9-13)17(25-18)22-26(23,24)15-6-4-3-5-7-15/h3-11,22H,2,12H2,1H3,(H,20,21). The van der Waals surface area contributed by atoms with Gasteiger partial charge in [-0.05, 0) is 42.8 Å². The predicted octanol–water partition coefficient (Wildman–Crippen LogP) is 4.57. The van der Waals surface area contributed by atoms with Gasteiger partial charge in [0.05, 0.1) is 4.90 Å². The van der Waals surface area contributed by atoms with E-state index in [2.05, 4.69) is 15.0 Å². The molecule has 5 nitrogen and oxygen atoms in total. The van der Waals surface area contributed by atoms with Crippen LogP contribution in [-0.4, -0.2) is 19.9 Å². The Morgan fingerprint density at radius 3 is 2.42 bits per heavy atom. The van der Waals surface area contributed by atoms with Crippen LogP contribution in [0.15, 0.2) is 59.5 Å². The first-order chi connectivity index (χ1) is 12.5. The first-order valence-electron chi connectivity index (χ1n) is 8.08. The zero-order valence-electron chi connectivity index (χ0n) is 14.1. The monoisotopic (exact) mass is 391 g/mol. The summed E-state index contributed by atoms with van der Waals surface area (Å²) >= 11 is 1.21. The molecule has 0 spiro atoms. The van der Waals surface area contributed by atoms with Crippen molar-refractivity contribution in [2.75, 3.05) is 16.6 Å². The molecule has 136 valence electrons. The van der Waals surface area contributed by atoms with E-state index in [1.807, 2.05) is 6.92 Å². The second-order valence-electron chi connectivity index (χ2n) is 5.55. The van der Waals surface area contributed by atoms with Crippen LogP contribution < -0.4 is 10.0 Å². The van der Waals surface area contributed by atoms with Crippen LogP contribution in [0.3, 0.4) is 0 Å². The Morgan fingerprint density at radius 1 is 1.08 bits per heavy atom. The second-order valence-corrected chi connectivity index (χ2v) is 8.23. The number of hydrogen-bond donors (Lipinski definition) is 2. The predicted molar refractivity (Wildman–Crippen MR) is 104 cm³/mol. The Morgan fingerprint density at radius 2 is 1.77 bits per heavy atom. The van der Waals surface area contributed by atoms with E-state index in [0.717, 1.165) is 13.0 Å². The molecule has 0 aliphatic rings. The first kappa shape index (κ1) is 18.3. The van der Waals surface area contributed by atoms with Crippen LogP contribution in [0.1, 0.15) is 13.3 Å². The average molecular weight is 391 g/mol. The number of nitrogens with one attached hydrogen (secondary N) is 2. The fraction of sp³-hybridized carbons (Fsp3) is 0.167. The molecule has 0 saturated heterocycles. The normalized spacial score (nSPS) is 11.3. The first-order valence-corrected chi connectivity index (χ1v) is 10.4. The van der Waals surface area contributed by atoms with Crippen molar-refractivity contribution >= 4 is 31.5 Å². The van der Waals surface area contributed by atoms with Crippen molar-refractivity contribution in [3.05, 3.63) is 60.4 Å². The molecular weight excluding hydrogens is 373 g/mol. The smallest absolute Gasteiger partial charge is 0.262 e. The van der Waals surface area contributed by atoms with Crippen molar-refractivity contribution < 1.29 is 12.8 Å². The molecule has 3 aromatic rings. The van der Waals surface area contributed by atoms with Crippen LogP contribution in [0.2, 0.25) is 0 Å². The zero-order chi connectivity index (χ0) is 18.6. The minimum Gasteiger partial charge on any atom is -0.361 e. The number of anilines is 2. The molecular formula is C18H18FN3O2S2. The SMILES string of the molecule is CCCNc1nc(-c2ccc(F)cc2)c(NS(=O)(=O)c2ccccc2)s1. The summed E-state index contributed by atoms with van der Waals surface area (Å²) in [6, 6.07) is 13.9. The van der Waals surface area contributed by atoms with Gasteiger partial charge in [0, 0.05) is 12.1 Å². The van der Waals surface area contributed by atoms with E-state index in [9.17, 15) is 12.8 Å². The highest BCUT2D eigenvalue weighted by atomic mass is 32.2. The summed E-state index contributed by atoms with van der Waals surface area (Å²) in [5, 5.41) is 4.16. The molecule has 0 unspecified atom stereocenters. The lowest BCUT2D eigenvalue weighted by Crippen LogP contribution is -2.12. The lowest BCUT2D eigenvalue weighted by molar-refractivity contribution is 0.601. The van der Waals surface area contributed by atoms with Gasteiger partial charge < -0.3 is 5.32 Å². The third kappa shape index (κ3) is 4.20. The molecule has 1 aromatic heterocycles. The maximum absolute atomic E-state index is 13.2. The molecule has 0 bridgehead atoms. The Balaban J connectivity index is 1.99. The molecule has 0 atom stereocenters. The summed E-state index contributed by atoms with van der Waals surface area (Å²) in [4.78, 5) is 4.65. The Bertz CT molecular complexity index is 971. The van der Waals surface area contributed by atoms with Gasteiger partial charge in [0.15, 0.2) is 5.13 Å². The average Bonchev–Trinajstić information content (AvgIpc) is 3.03. The van der Waals surface area contributed by atoms with Crippen LogP contribution in [0, 0.1) is 5.82 Å². The summed E-state index contributed by atoms with van der Waals surface area (Å²) in [5.41, 5.74) is 1.10. The summed E-state index contributed by atoms with van der Waals surface area (Å²) in [7, 11) is -3.74. The molecule has 0 aliphatic carbocycles. The van der Waals surface area contributed by atoms with E-state index >= 15 is 0 Å². The van der Waals surface area contributed by atoms with Gasteiger partial charge in [-0.15, -0.1) is 0 Å². The maximum Gasteiger partial charge on any atom is 0.262 e. The van der Waals surface area contributed by atoms with Crippen LogP contribution in [-0.2, 0) is 10.0 Å². The minimum absolute atomic E-state index is 0.168. The van der Waals surface area contributed by atoms with Crippen molar-refractivity contribution in [1.82, 2.24) is 4.98 Å². The zero-order valence-corrected chi connectivity index (χ0v) is 15.7. The van der Waals surface area contributed by atoms with Crippen molar-refractivity contribution in [1.29, 1.82) is 0 Å². The third-order valence-electron chi connectivity index (χ3n) is 3.55. The molecule has 3 rings (SSSR count). The van der Waals surface area contributed by atoms with Crippen LogP contribution in [0.25, 0.3) is 11.3 Å². The van der Waals surface area contributed by atoms with E-state index in [0.29, 0.717) is 21.4 Å². The molecule has 0 amide bonds. The lowest BCUT2D eigenvalue weighted by atomic mass is 10.1. The van der Waals surface area contributed by atoms with E-state index in [1.165, 1.54) is 35.6 Å². The third-order valence-corrected chi connectivity index (χ3v) is 5.97. The molecule has 2 aromatic carbocycles. The van der Waals surface area contributed by atoms with Gasteiger partial charge in [-0.1, -0.05) is 36.5 Å². The molecule has 2 N–H and O–H groups in total. The summed E-state index contributed by atoms with van der Waals surface area (Å²) in [6.07, 6.45) is 0.913. The number of sulfonamides is 1. The van der Waals surface area contributed by atoms with Gasteiger partial charge in [0.25, 0.3) is 10.0 Å². The van der Waals surface area contributed by atoms with Gasteiger partial charge in [0.1, 0.15) is 16.5 Å². The van der Waals surface area contributed by atoms with Crippen molar-refractivity contribution in [3.63, 3.8) is 0 Å². The van der Waals surface area contributed by atoms with Gasteiger partial charge in [-0.3, -0.25) is 4.72 Å². The maximum atomic E-state index is 13.2. The van der Waals surface area contributed by atoms with Crippen molar-refractivity contribution in [2.24, 2.45) is 0 Å². The molecule has 1 heterocycles. The quantitative estimate of drug-likeness (QED) is 0.619. The highest BCUT2D eigenvalue weighted by Gasteiger charge is 2.20. The van der Waals surface area contributed by atoms with Crippen molar-refractivity contribution in [3.8, 4) is 11.3 Å². The number of thiazole rings is 1. The fourth-order valence-corrected chi connectivity index (χ4v) is 4.52. The number of hydrogen-bond acceptors (Lipinski definition) is 5. The Labute approximate surface area is 156 Å². The van der Waals surface area contributed by atoms with Gasteiger partial charge in [-0.25, -0.2) is 17.8 Å². The van der Waals surface area contributed by atoms with Gasteiger partial charge >= 0.3 is 0 Å². The second kappa shape index (κ2) is 7.84. The van der Waals surface area contributed by atoms with Gasteiger partial charge in [0.2, 0.25) is 0 Å². The molecule has 0 fully saturated rings. The number of aromatic nitrogens is 1. The topological polar surface area (TPSA) is 71.1 Å². The summed E-state index contributed by atoms with van der Waals surface area (Å²) in [6.45, 7) is 2.75. The van der Waals surface area contributed by atoms with E-state index in [4.69, 9.17) is 0 Å². The number of benzene rings is 2. The fourth-order valence-electron chi connectivity index (χ4n) is 2.28. The highest BCUT2D eigenvalue weighted by Crippen LogP contribution is 2.37. The lowest BCUT2D eigenvalue weighted by Gasteiger charge is -2.07. The number of nitrogens with zero attached hydrogens (tertiary/aromatic N) is 1. The van der Waals surface area contributed by atoms with E-state index < -0.39 is 10.0 Å². The molecule has 8 heteroatoms. The minimum atomic E-state index is -3.74. The Kier molecular flexibility index (Phi) is 5.53. The molecule has 0 radical (unpaired) electrons. The largest absolute Gasteiger partial charge is 0.361 e. The van der Waals surface area contributed by atoms with Crippen LogP contribution >= 0.6 is 11.3 Å². The molecule has 26 heavy (non-hydrogen) atoms.